The van der Waals surface area contributed by atoms with Crippen molar-refractivity contribution in [2.75, 3.05) is 0 Å². The van der Waals surface area contributed by atoms with Crippen LogP contribution in [0.5, 0.6) is 0 Å². The Labute approximate surface area is 114 Å². The highest BCUT2D eigenvalue weighted by Crippen LogP contribution is 2.16. The number of nitrogens with one attached hydrogen (secondary N) is 1. The molecule has 0 amide bonds. The van der Waals surface area contributed by atoms with Crippen LogP contribution in [0.25, 0.3) is 0 Å². The summed E-state index contributed by atoms with van der Waals surface area (Å²) in [5.74, 6) is -1.53. The monoisotopic (exact) mass is 335 g/mol. The second kappa shape index (κ2) is 5.81. The van der Waals surface area contributed by atoms with Gasteiger partial charge in [-0.3, -0.25) is 4.79 Å². The summed E-state index contributed by atoms with van der Waals surface area (Å²) in [5.41, 5.74) is 0. The molecule has 1 aromatic carbocycles. The third-order valence-corrected chi connectivity index (χ3v) is 4.32. The van der Waals surface area contributed by atoms with Gasteiger partial charge >= 0.3 is 5.97 Å². The van der Waals surface area contributed by atoms with Crippen LogP contribution in [-0.2, 0) is 14.8 Å². The molecular weight excluding hydrogens is 322 g/mol. The number of halogens is 1. The zero-order valence-corrected chi connectivity index (χ0v) is 12.3. The maximum atomic E-state index is 12.0. The van der Waals surface area contributed by atoms with Crippen molar-refractivity contribution in [3.05, 3.63) is 28.7 Å². The Bertz CT molecular complexity index is 524. The molecule has 0 aliphatic carbocycles. The molecular formula is C11H14BrNO4S. The van der Waals surface area contributed by atoms with Gasteiger partial charge in [0.05, 0.1) is 4.90 Å². The minimum Gasteiger partial charge on any atom is -0.480 e. The lowest BCUT2D eigenvalue weighted by molar-refractivity contribution is -0.140. The smallest absolute Gasteiger partial charge is 0.322 e. The Morgan fingerprint density at radius 3 is 2.17 bits per heavy atom. The lowest BCUT2D eigenvalue weighted by Gasteiger charge is -2.17. The van der Waals surface area contributed by atoms with Crippen LogP contribution in [0.1, 0.15) is 13.8 Å². The Balaban J connectivity index is 3.01. The molecule has 2 N–H and O–H groups in total. The molecule has 1 rings (SSSR count). The molecule has 5 nitrogen and oxygen atoms in total. The third-order valence-electron chi connectivity index (χ3n) is 2.34. The second-order valence-electron chi connectivity index (χ2n) is 4.14. The minimum absolute atomic E-state index is 0.0394. The first-order valence-electron chi connectivity index (χ1n) is 5.25. The number of hydrogen-bond donors (Lipinski definition) is 2. The summed E-state index contributed by atoms with van der Waals surface area (Å²) in [6.07, 6.45) is 0. The quantitative estimate of drug-likeness (QED) is 0.859. The van der Waals surface area contributed by atoms with Crippen molar-refractivity contribution >= 4 is 31.9 Å². The molecule has 100 valence electrons. The minimum atomic E-state index is -3.82. The van der Waals surface area contributed by atoms with E-state index in [0.29, 0.717) is 0 Å². The number of hydrogen-bond acceptors (Lipinski definition) is 3. The van der Waals surface area contributed by atoms with Gasteiger partial charge in [-0.1, -0.05) is 29.8 Å². The van der Waals surface area contributed by atoms with E-state index in [1.807, 2.05) is 0 Å². The van der Waals surface area contributed by atoms with Crippen molar-refractivity contribution in [1.82, 2.24) is 4.72 Å². The number of aliphatic carboxylic acids is 1. The van der Waals surface area contributed by atoms with Gasteiger partial charge in [0, 0.05) is 4.47 Å². The SMILES string of the molecule is CC(C)[C@H](NS(=O)(=O)c1ccc(Br)cc1)C(=O)O. The Kier molecular flexibility index (Phi) is 4.89. The first kappa shape index (κ1) is 15.1. The zero-order valence-electron chi connectivity index (χ0n) is 9.92. The molecule has 0 spiro atoms. The fraction of sp³-hybridized carbons (Fsp3) is 0.364. The topological polar surface area (TPSA) is 83.5 Å². The van der Waals surface area contributed by atoms with E-state index in [4.69, 9.17) is 5.11 Å². The molecule has 0 saturated heterocycles. The number of carboxylic acid groups (broad SMARTS) is 1. The lowest BCUT2D eigenvalue weighted by Crippen LogP contribution is -2.44. The molecule has 0 radical (unpaired) electrons. The van der Waals surface area contributed by atoms with Crippen molar-refractivity contribution in [2.24, 2.45) is 5.92 Å². The van der Waals surface area contributed by atoms with E-state index < -0.39 is 22.0 Å². The normalized spacial score (nSPS) is 13.6. The Hall–Kier alpha value is -0.920. The molecule has 0 unspecified atom stereocenters. The highest BCUT2D eigenvalue weighted by molar-refractivity contribution is 9.10. The van der Waals surface area contributed by atoms with Crippen LogP contribution in [0, 0.1) is 5.92 Å². The average Bonchev–Trinajstić information content (AvgIpc) is 2.26. The van der Waals surface area contributed by atoms with Gasteiger partial charge in [0.1, 0.15) is 6.04 Å². The van der Waals surface area contributed by atoms with Gasteiger partial charge < -0.3 is 5.11 Å². The van der Waals surface area contributed by atoms with Crippen LogP contribution in [-0.4, -0.2) is 25.5 Å². The molecule has 18 heavy (non-hydrogen) atoms. The second-order valence-corrected chi connectivity index (χ2v) is 6.76. The molecule has 0 aromatic heterocycles. The molecule has 1 aromatic rings. The van der Waals surface area contributed by atoms with Crippen LogP contribution in [0.15, 0.2) is 33.6 Å². The van der Waals surface area contributed by atoms with Crippen molar-refractivity contribution in [3.8, 4) is 0 Å². The predicted molar refractivity (Wildman–Crippen MR) is 70.7 cm³/mol. The number of carbonyl (C=O) groups is 1. The number of carboxylic acids is 1. The molecule has 0 bridgehead atoms. The van der Waals surface area contributed by atoms with Gasteiger partial charge in [0.25, 0.3) is 0 Å². The highest BCUT2D eigenvalue weighted by atomic mass is 79.9. The Morgan fingerprint density at radius 2 is 1.78 bits per heavy atom. The number of sulfonamides is 1. The Morgan fingerprint density at radius 1 is 1.28 bits per heavy atom. The molecule has 0 fully saturated rings. The predicted octanol–water partition coefficient (Wildman–Crippen LogP) is 1.84. The molecule has 0 heterocycles. The lowest BCUT2D eigenvalue weighted by atomic mass is 10.1. The first-order chi connectivity index (χ1) is 8.24. The van der Waals surface area contributed by atoms with Crippen LogP contribution < -0.4 is 4.72 Å². The molecule has 0 saturated carbocycles. The van der Waals surface area contributed by atoms with Gasteiger partial charge in [-0.25, -0.2) is 8.42 Å². The van der Waals surface area contributed by atoms with E-state index in [9.17, 15) is 13.2 Å². The van der Waals surface area contributed by atoms with Crippen LogP contribution >= 0.6 is 15.9 Å². The summed E-state index contributed by atoms with van der Waals surface area (Å²) in [4.78, 5) is 11.0. The van der Waals surface area contributed by atoms with Crippen LogP contribution in [0.3, 0.4) is 0 Å². The van der Waals surface area contributed by atoms with E-state index in [1.165, 1.54) is 12.1 Å². The summed E-state index contributed by atoms with van der Waals surface area (Å²) in [7, 11) is -3.82. The van der Waals surface area contributed by atoms with Gasteiger partial charge in [0.15, 0.2) is 0 Å². The number of rotatable bonds is 5. The first-order valence-corrected chi connectivity index (χ1v) is 7.52. The van der Waals surface area contributed by atoms with Gasteiger partial charge in [-0.05, 0) is 30.2 Å². The van der Waals surface area contributed by atoms with Gasteiger partial charge in [0.2, 0.25) is 10.0 Å². The van der Waals surface area contributed by atoms with Crippen LogP contribution in [0.4, 0.5) is 0 Å². The highest BCUT2D eigenvalue weighted by Gasteiger charge is 2.27. The summed E-state index contributed by atoms with van der Waals surface area (Å²) in [6, 6.07) is 4.84. The fourth-order valence-electron chi connectivity index (χ4n) is 1.32. The van der Waals surface area contributed by atoms with Crippen molar-refractivity contribution in [2.45, 2.75) is 24.8 Å². The molecule has 7 heteroatoms. The summed E-state index contributed by atoms with van der Waals surface area (Å²) in [5, 5.41) is 8.96. The van der Waals surface area contributed by atoms with Crippen LogP contribution in [0.2, 0.25) is 0 Å². The van der Waals surface area contributed by atoms with E-state index >= 15 is 0 Å². The maximum absolute atomic E-state index is 12.0. The zero-order chi connectivity index (χ0) is 13.9. The van der Waals surface area contributed by atoms with E-state index in [0.717, 1.165) is 4.47 Å². The van der Waals surface area contributed by atoms with Crippen molar-refractivity contribution in [1.29, 1.82) is 0 Å². The van der Waals surface area contributed by atoms with Crippen molar-refractivity contribution in [3.63, 3.8) is 0 Å². The van der Waals surface area contributed by atoms with E-state index in [-0.39, 0.29) is 10.8 Å². The van der Waals surface area contributed by atoms with Gasteiger partial charge in [-0.2, -0.15) is 4.72 Å². The summed E-state index contributed by atoms with van der Waals surface area (Å²) < 4.78 is 26.9. The molecule has 1 atom stereocenters. The average molecular weight is 336 g/mol. The standard InChI is InChI=1S/C11H14BrNO4S/c1-7(2)10(11(14)15)13-18(16,17)9-5-3-8(12)4-6-9/h3-7,10,13H,1-2H3,(H,14,15)/t10-/m0/s1. The fourth-order valence-corrected chi connectivity index (χ4v) is 2.92. The summed E-state index contributed by atoms with van der Waals surface area (Å²) >= 11 is 3.20. The third kappa shape index (κ3) is 3.79. The molecule has 0 aliphatic rings. The van der Waals surface area contributed by atoms with Crippen molar-refractivity contribution < 1.29 is 18.3 Å². The molecule has 0 aliphatic heterocycles. The maximum Gasteiger partial charge on any atom is 0.322 e. The summed E-state index contributed by atoms with van der Waals surface area (Å²) in [6.45, 7) is 3.28. The van der Waals surface area contributed by atoms with E-state index in [2.05, 4.69) is 20.7 Å². The number of benzene rings is 1. The van der Waals surface area contributed by atoms with Gasteiger partial charge in [-0.15, -0.1) is 0 Å². The van der Waals surface area contributed by atoms with E-state index in [1.54, 1.807) is 26.0 Å². The largest absolute Gasteiger partial charge is 0.480 e.